The third kappa shape index (κ3) is 4.47. The number of amides is 1. The highest BCUT2D eigenvalue weighted by atomic mass is 16.6. The van der Waals surface area contributed by atoms with Crippen LogP contribution in [0.25, 0.3) is 0 Å². The minimum atomic E-state index is -0.547. The average Bonchev–Trinajstić information content (AvgIpc) is 3.00. The summed E-state index contributed by atoms with van der Waals surface area (Å²) in [6.45, 7) is 10.2. The van der Waals surface area contributed by atoms with Crippen molar-refractivity contribution in [3.63, 3.8) is 0 Å². The van der Waals surface area contributed by atoms with Crippen LogP contribution in [0.2, 0.25) is 0 Å². The molecule has 1 aromatic carbocycles. The number of aliphatic hydroxyl groups excluding tert-OH is 1. The quantitative estimate of drug-likeness (QED) is 0.810. The second-order valence-corrected chi connectivity index (χ2v) is 9.56. The minimum Gasteiger partial charge on any atom is -0.493 e. The van der Waals surface area contributed by atoms with Gasteiger partial charge in [-0.15, -0.1) is 0 Å². The number of likely N-dealkylation sites (tertiary alicyclic amines) is 1. The lowest BCUT2D eigenvalue weighted by Crippen LogP contribution is -2.51. The van der Waals surface area contributed by atoms with Crippen molar-refractivity contribution >= 4 is 6.09 Å². The molecule has 162 valence electrons. The first kappa shape index (κ1) is 21.8. The Hall–Kier alpha value is -1.95. The molecule has 0 aromatic heterocycles. The molecule has 1 aliphatic carbocycles. The zero-order valence-electron chi connectivity index (χ0n) is 18.5. The summed E-state index contributed by atoms with van der Waals surface area (Å²) in [6, 6.07) is 5.99. The van der Waals surface area contributed by atoms with Crippen molar-refractivity contribution in [1.82, 2.24) is 4.90 Å². The Balaban J connectivity index is 1.95. The van der Waals surface area contributed by atoms with E-state index in [4.69, 9.17) is 14.2 Å². The molecule has 1 saturated carbocycles. The molecular formula is C23H35NO5. The molecule has 3 atom stereocenters. The summed E-state index contributed by atoms with van der Waals surface area (Å²) in [5.41, 5.74) is 0.377. The maximum atomic E-state index is 12.9. The predicted molar refractivity (Wildman–Crippen MR) is 112 cm³/mol. The molecule has 2 aliphatic rings. The number of rotatable bonds is 4. The van der Waals surface area contributed by atoms with Crippen LogP contribution in [0.15, 0.2) is 18.2 Å². The molecule has 0 bridgehead atoms. The van der Waals surface area contributed by atoms with Crippen LogP contribution in [-0.4, -0.2) is 53.6 Å². The molecule has 2 fully saturated rings. The van der Waals surface area contributed by atoms with E-state index in [0.717, 1.165) is 30.6 Å². The summed E-state index contributed by atoms with van der Waals surface area (Å²) in [5, 5.41) is 10.4. The van der Waals surface area contributed by atoms with Crippen molar-refractivity contribution in [3.05, 3.63) is 23.8 Å². The van der Waals surface area contributed by atoms with Crippen molar-refractivity contribution in [2.24, 2.45) is 0 Å². The molecule has 29 heavy (non-hydrogen) atoms. The molecule has 1 amide bonds. The summed E-state index contributed by atoms with van der Waals surface area (Å²) in [4.78, 5) is 14.7. The normalized spacial score (nSPS) is 27.0. The van der Waals surface area contributed by atoms with Gasteiger partial charge in [0.05, 0.1) is 19.3 Å². The fourth-order valence-electron chi connectivity index (χ4n) is 4.73. The fourth-order valence-corrected chi connectivity index (χ4v) is 4.73. The van der Waals surface area contributed by atoms with Crippen LogP contribution in [0.5, 0.6) is 11.5 Å². The summed E-state index contributed by atoms with van der Waals surface area (Å²) >= 11 is 0. The molecule has 1 aliphatic heterocycles. The van der Waals surface area contributed by atoms with Crippen molar-refractivity contribution in [1.29, 1.82) is 0 Å². The fraction of sp³-hybridized carbons (Fsp3) is 0.696. The van der Waals surface area contributed by atoms with Gasteiger partial charge in [-0.25, -0.2) is 4.79 Å². The predicted octanol–water partition coefficient (Wildman–Crippen LogP) is 4.27. The van der Waals surface area contributed by atoms with E-state index < -0.39 is 11.7 Å². The summed E-state index contributed by atoms with van der Waals surface area (Å²) < 4.78 is 17.1. The number of carbonyl (C=O) groups excluding carboxylic acids is 1. The van der Waals surface area contributed by atoms with Crippen molar-refractivity contribution in [2.45, 2.75) is 89.6 Å². The van der Waals surface area contributed by atoms with Crippen LogP contribution in [0, 0.1) is 0 Å². The maximum Gasteiger partial charge on any atom is 0.410 e. The second kappa shape index (κ2) is 8.05. The maximum absolute atomic E-state index is 12.9. The molecular weight excluding hydrogens is 370 g/mol. The van der Waals surface area contributed by atoms with Crippen molar-refractivity contribution in [3.8, 4) is 11.5 Å². The number of carbonyl (C=O) groups is 1. The lowest BCUT2D eigenvalue weighted by Gasteiger charge is -2.44. The van der Waals surface area contributed by atoms with E-state index in [1.807, 2.05) is 51.7 Å². The van der Waals surface area contributed by atoms with Crippen LogP contribution < -0.4 is 9.47 Å². The Morgan fingerprint density at radius 3 is 2.59 bits per heavy atom. The highest BCUT2D eigenvalue weighted by molar-refractivity contribution is 5.70. The molecule has 0 radical (unpaired) electrons. The Kier molecular flexibility index (Phi) is 6.04. The molecule has 0 unspecified atom stereocenters. The van der Waals surface area contributed by atoms with Gasteiger partial charge in [-0.3, -0.25) is 0 Å². The molecule has 1 N–H and O–H groups in total. The van der Waals surface area contributed by atoms with E-state index in [1.54, 1.807) is 7.11 Å². The number of aliphatic hydroxyl groups is 1. The first-order chi connectivity index (χ1) is 13.6. The first-order valence-electron chi connectivity index (χ1n) is 10.6. The zero-order chi connectivity index (χ0) is 21.4. The molecule has 3 rings (SSSR count). The van der Waals surface area contributed by atoms with Gasteiger partial charge in [-0.2, -0.15) is 0 Å². The molecule has 1 aromatic rings. The lowest BCUT2D eigenvalue weighted by molar-refractivity contribution is 0.00365. The first-order valence-corrected chi connectivity index (χ1v) is 10.6. The second-order valence-electron chi connectivity index (χ2n) is 9.56. The molecule has 1 saturated heterocycles. The minimum absolute atomic E-state index is 0.0552. The monoisotopic (exact) mass is 405 g/mol. The number of hydrogen-bond acceptors (Lipinski definition) is 5. The van der Waals surface area contributed by atoms with Gasteiger partial charge in [0, 0.05) is 18.0 Å². The van der Waals surface area contributed by atoms with E-state index in [1.165, 1.54) is 0 Å². The summed E-state index contributed by atoms with van der Waals surface area (Å²) in [7, 11) is 1.65. The molecule has 6 heteroatoms. The smallest absolute Gasteiger partial charge is 0.410 e. The highest BCUT2D eigenvalue weighted by Crippen LogP contribution is 2.50. The van der Waals surface area contributed by atoms with Crippen LogP contribution in [0.3, 0.4) is 0 Å². The van der Waals surface area contributed by atoms with Crippen LogP contribution >= 0.6 is 0 Å². The topological polar surface area (TPSA) is 68.2 Å². The highest BCUT2D eigenvalue weighted by Gasteiger charge is 2.53. The summed E-state index contributed by atoms with van der Waals surface area (Å²) in [6.07, 6.45) is 2.31. The number of methoxy groups -OCH3 is 1. The van der Waals surface area contributed by atoms with E-state index in [-0.39, 0.29) is 23.7 Å². The van der Waals surface area contributed by atoms with Crippen LogP contribution in [0.1, 0.15) is 65.9 Å². The van der Waals surface area contributed by atoms with Gasteiger partial charge in [0.25, 0.3) is 0 Å². The number of nitrogens with zero attached hydrogens (tertiary/aromatic N) is 1. The number of ether oxygens (including phenoxy) is 3. The Labute approximate surface area is 174 Å². The van der Waals surface area contributed by atoms with Crippen LogP contribution in [-0.2, 0) is 10.2 Å². The van der Waals surface area contributed by atoms with E-state index in [0.29, 0.717) is 18.7 Å². The third-order valence-corrected chi connectivity index (χ3v) is 5.96. The van der Waals surface area contributed by atoms with Gasteiger partial charge in [0.2, 0.25) is 0 Å². The lowest BCUT2D eigenvalue weighted by atomic mass is 9.65. The molecule has 0 spiro atoms. The van der Waals surface area contributed by atoms with Gasteiger partial charge in [-0.05, 0) is 78.0 Å². The Morgan fingerprint density at radius 2 is 1.97 bits per heavy atom. The average molecular weight is 406 g/mol. The standard InChI is InChI=1S/C23H35NO5/c1-15(2)28-18-8-7-16(13-19(18)27-6)23-10-9-17(25)14-20(23)24(12-11-23)21(26)29-22(3,4)5/h7-8,13,15,17,20,25H,9-12,14H2,1-6H3/t17-,20+,23+/m1/s1. The Morgan fingerprint density at radius 1 is 1.24 bits per heavy atom. The van der Waals surface area contributed by atoms with Gasteiger partial charge in [0.1, 0.15) is 5.60 Å². The van der Waals surface area contributed by atoms with Crippen LogP contribution in [0.4, 0.5) is 4.79 Å². The van der Waals surface area contributed by atoms with E-state index in [9.17, 15) is 9.90 Å². The van der Waals surface area contributed by atoms with Gasteiger partial charge >= 0.3 is 6.09 Å². The van der Waals surface area contributed by atoms with E-state index in [2.05, 4.69) is 6.07 Å². The SMILES string of the molecule is COc1cc([C@@]23CC[C@@H](O)C[C@@H]2N(C(=O)OC(C)(C)C)CC3)ccc1OC(C)C. The Bertz CT molecular complexity index is 741. The van der Waals surface area contributed by atoms with Gasteiger partial charge in [0.15, 0.2) is 11.5 Å². The molecule has 1 heterocycles. The van der Waals surface area contributed by atoms with Crippen molar-refractivity contribution in [2.75, 3.05) is 13.7 Å². The van der Waals surface area contributed by atoms with E-state index >= 15 is 0 Å². The number of fused-ring (bicyclic) bond motifs is 1. The molecule has 6 nitrogen and oxygen atoms in total. The van der Waals surface area contributed by atoms with Crippen molar-refractivity contribution < 1.29 is 24.1 Å². The van der Waals surface area contributed by atoms with Gasteiger partial charge < -0.3 is 24.2 Å². The summed E-state index contributed by atoms with van der Waals surface area (Å²) in [5.74, 6) is 1.42. The largest absolute Gasteiger partial charge is 0.493 e. The zero-order valence-corrected chi connectivity index (χ0v) is 18.5. The third-order valence-electron chi connectivity index (χ3n) is 5.96. The number of benzene rings is 1. The van der Waals surface area contributed by atoms with Gasteiger partial charge in [-0.1, -0.05) is 6.07 Å². The number of hydrogen-bond donors (Lipinski definition) is 1.